The molecule has 0 amide bonds. The largest absolute Gasteiger partial charge is 0.312 e. The van der Waals surface area contributed by atoms with E-state index in [0.29, 0.717) is 5.92 Å². The maximum absolute atomic E-state index is 5.96. The molecular weight excluding hydrogens is 222 g/mol. The lowest BCUT2D eigenvalue weighted by atomic mass is 10.1. The minimum absolute atomic E-state index is 0.173. The van der Waals surface area contributed by atoms with Crippen LogP contribution in [0.2, 0.25) is 5.02 Å². The van der Waals surface area contributed by atoms with Crippen LogP contribution in [0.3, 0.4) is 0 Å². The standard InChI is InChI=1S/C12H22ClN3/c1-9(6-14-12(3,4)5)7-16-8-11(13)10(2)15-16/h8-9,14H,6-7H2,1-5H3. The van der Waals surface area contributed by atoms with Gasteiger partial charge in [-0.3, -0.25) is 4.68 Å². The van der Waals surface area contributed by atoms with Gasteiger partial charge in [-0.25, -0.2) is 0 Å². The molecule has 92 valence electrons. The minimum atomic E-state index is 0.173. The Balaban J connectivity index is 2.42. The molecule has 0 bridgehead atoms. The minimum Gasteiger partial charge on any atom is -0.312 e. The van der Waals surface area contributed by atoms with E-state index in [2.05, 4.69) is 38.1 Å². The van der Waals surface area contributed by atoms with Crippen LogP contribution < -0.4 is 5.32 Å². The molecule has 0 aliphatic rings. The third-order valence-electron chi connectivity index (χ3n) is 2.37. The third-order valence-corrected chi connectivity index (χ3v) is 2.74. The molecule has 4 heteroatoms. The summed E-state index contributed by atoms with van der Waals surface area (Å²) >= 11 is 5.96. The summed E-state index contributed by atoms with van der Waals surface area (Å²) in [6.45, 7) is 12.6. The average Bonchev–Trinajstić information content (AvgIpc) is 2.41. The smallest absolute Gasteiger partial charge is 0.0814 e. The van der Waals surface area contributed by atoms with Crippen LogP contribution in [0.4, 0.5) is 0 Å². The molecule has 0 spiro atoms. The van der Waals surface area contributed by atoms with E-state index in [1.54, 1.807) is 0 Å². The van der Waals surface area contributed by atoms with Crippen LogP contribution in [0.25, 0.3) is 0 Å². The van der Waals surface area contributed by atoms with Crippen LogP contribution in [0.1, 0.15) is 33.4 Å². The Bertz CT molecular complexity index is 319. The molecule has 1 atom stereocenters. The molecule has 0 aliphatic carbocycles. The van der Waals surface area contributed by atoms with Gasteiger partial charge in [-0.2, -0.15) is 5.10 Å². The summed E-state index contributed by atoms with van der Waals surface area (Å²) in [6.07, 6.45) is 1.89. The zero-order chi connectivity index (χ0) is 12.3. The number of hydrogen-bond acceptors (Lipinski definition) is 2. The van der Waals surface area contributed by atoms with Crippen LogP contribution >= 0.6 is 11.6 Å². The fraction of sp³-hybridized carbons (Fsp3) is 0.750. The number of aromatic nitrogens is 2. The van der Waals surface area contributed by atoms with Crippen molar-refractivity contribution in [3.63, 3.8) is 0 Å². The number of nitrogens with one attached hydrogen (secondary N) is 1. The van der Waals surface area contributed by atoms with Crippen molar-refractivity contribution < 1.29 is 0 Å². The van der Waals surface area contributed by atoms with Crippen molar-refractivity contribution in [2.75, 3.05) is 6.54 Å². The first kappa shape index (κ1) is 13.5. The summed E-state index contributed by atoms with van der Waals surface area (Å²) in [5.74, 6) is 0.537. The summed E-state index contributed by atoms with van der Waals surface area (Å²) in [7, 11) is 0. The quantitative estimate of drug-likeness (QED) is 0.882. The first-order valence-electron chi connectivity index (χ1n) is 5.72. The lowest BCUT2D eigenvalue weighted by Crippen LogP contribution is -2.39. The van der Waals surface area contributed by atoms with E-state index in [-0.39, 0.29) is 5.54 Å². The van der Waals surface area contributed by atoms with Crippen molar-refractivity contribution in [3.05, 3.63) is 16.9 Å². The van der Waals surface area contributed by atoms with Gasteiger partial charge in [-0.05, 0) is 40.2 Å². The zero-order valence-corrected chi connectivity index (χ0v) is 11.6. The summed E-state index contributed by atoms with van der Waals surface area (Å²) in [6, 6.07) is 0. The molecule has 1 aromatic rings. The molecule has 0 saturated heterocycles. The van der Waals surface area contributed by atoms with Gasteiger partial charge < -0.3 is 5.32 Å². The topological polar surface area (TPSA) is 29.9 Å². The molecule has 1 aromatic heterocycles. The van der Waals surface area contributed by atoms with E-state index in [1.807, 2.05) is 17.8 Å². The second-order valence-electron chi connectivity index (χ2n) is 5.52. The molecule has 0 aromatic carbocycles. The molecule has 1 heterocycles. The normalized spacial score (nSPS) is 14.1. The van der Waals surface area contributed by atoms with Crippen molar-refractivity contribution in [1.29, 1.82) is 0 Å². The molecule has 3 nitrogen and oxygen atoms in total. The van der Waals surface area contributed by atoms with E-state index in [1.165, 1.54) is 0 Å². The molecule has 1 rings (SSSR count). The zero-order valence-electron chi connectivity index (χ0n) is 10.8. The average molecular weight is 244 g/mol. The van der Waals surface area contributed by atoms with E-state index in [0.717, 1.165) is 23.8 Å². The molecule has 1 unspecified atom stereocenters. The van der Waals surface area contributed by atoms with Gasteiger partial charge in [-0.1, -0.05) is 18.5 Å². The van der Waals surface area contributed by atoms with Gasteiger partial charge in [-0.15, -0.1) is 0 Å². The molecule has 1 N–H and O–H groups in total. The Kier molecular flexibility index (Phi) is 4.39. The highest BCUT2D eigenvalue weighted by Crippen LogP contribution is 2.13. The molecular formula is C12H22ClN3. The highest BCUT2D eigenvalue weighted by Gasteiger charge is 2.12. The number of nitrogens with zero attached hydrogens (tertiary/aromatic N) is 2. The maximum atomic E-state index is 5.96. The summed E-state index contributed by atoms with van der Waals surface area (Å²) < 4.78 is 1.92. The Morgan fingerprint density at radius 3 is 2.56 bits per heavy atom. The predicted molar refractivity (Wildman–Crippen MR) is 68.9 cm³/mol. The lowest BCUT2D eigenvalue weighted by molar-refractivity contribution is 0.351. The maximum Gasteiger partial charge on any atom is 0.0814 e. The molecule has 0 saturated carbocycles. The van der Waals surface area contributed by atoms with Crippen LogP contribution in [0.5, 0.6) is 0 Å². The SMILES string of the molecule is Cc1nn(CC(C)CNC(C)(C)C)cc1Cl. The monoisotopic (exact) mass is 243 g/mol. The summed E-state index contributed by atoms with van der Waals surface area (Å²) in [5, 5.41) is 8.59. The van der Waals surface area contributed by atoms with Crippen molar-refractivity contribution >= 4 is 11.6 Å². The van der Waals surface area contributed by atoms with Gasteiger partial charge in [0.25, 0.3) is 0 Å². The number of rotatable bonds is 4. The molecule has 0 aliphatic heterocycles. The van der Waals surface area contributed by atoms with Gasteiger partial charge in [0.05, 0.1) is 10.7 Å². The highest BCUT2D eigenvalue weighted by molar-refractivity contribution is 6.31. The molecule has 0 fully saturated rings. The molecule has 0 radical (unpaired) electrons. The Labute approximate surface area is 103 Å². The highest BCUT2D eigenvalue weighted by atomic mass is 35.5. The fourth-order valence-electron chi connectivity index (χ4n) is 1.45. The van der Waals surface area contributed by atoms with E-state index in [4.69, 9.17) is 11.6 Å². The van der Waals surface area contributed by atoms with Gasteiger partial charge in [0, 0.05) is 18.3 Å². The van der Waals surface area contributed by atoms with E-state index < -0.39 is 0 Å². The fourth-order valence-corrected chi connectivity index (χ4v) is 1.60. The third kappa shape index (κ3) is 4.54. The van der Waals surface area contributed by atoms with Crippen molar-refractivity contribution in [2.45, 2.75) is 46.7 Å². The lowest BCUT2D eigenvalue weighted by Gasteiger charge is -2.23. The number of aryl methyl sites for hydroxylation is 1. The Morgan fingerprint density at radius 1 is 1.50 bits per heavy atom. The first-order valence-corrected chi connectivity index (χ1v) is 6.10. The first-order chi connectivity index (χ1) is 7.28. The van der Waals surface area contributed by atoms with Crippen molar-refractivity contribution in [2.24, 2.45) is 5.92 Å². The summed E-state index contributed by atoms with van der Waals surface area (Å²) in [5.41, 5.74) is 1.07. The Morgan fingerprint density at radius 2 is 2.12 bits per heavy atom. The van der Waals surface area contributed by atoms with Gasteiger partial charge >= 0.3 is 0 Å². The predicted octanol–water partition coefficient (Wildman–Crippen LogP) is 2.87. The second-order valence-corrected chi connectivity index (χ2v) is 5.93. The van der Waals surface area contributed by atoms with Crippen LogP contribution in [-0.4, -0.2) is 21.9 Å². The van der Waals surface area contributed by atoms with Gasteiger partial charge in [0.1, 0.15) is 0 Å². The second kappa shape index (κ2) is 5.19. The Hall–Kier alpha value is -0.540. The van der Waals surface area contributed by atoms with Crippen LogP contribution in [0.15, 0.2) is 6.20 Å². The van der Waals surface area contributed by atoms with Crippen LogP contribution in [0, 0.1) is 12.8 Å². The van der Waals surface area contributed by atoms with Crippen molar-refractivity contribution in [3.8, 4) is 0 Å². The van der Waals surface area contributed by atoms with Crippen molar-refractivity contribution in [1.82, 2.24) is 15.1 Å². The number of halogens is 1. The van der Waals surface area contributed by atoms with E-state index in [9.17, 15) is 0 Å². The van der Waals surface area contributed by atoms with E-state index >= 15 is 0 Å². The molecule has 16 heavy (non-hydrogen) atoms. The van der Waals surface area contributed by atoms with Gasteiger partial charge in [0.2, 0.25) is 0 Å². The van der Waals surface area contributed by atoms with Gasteiger partial charge in [0.15, 0.2) is 0 Å². The summed E-state index contributed by atoms with van der Waals surface area (Å²) in [4.78, 5) is 0. The van der Waals surface area contributed by atoms with Crippen LogP contribution in [-0.2, 0) is 6.54 Å². The number of hydrogen-bond donors (Lipinski definition) is 1.